The third-order valence-electron chi connectivity index (χ3n) is 3.07. The zero-order chi connectivity index (χ0) is 14.0. The second-order valence-corrected chi connectivity index (χ2v) is 4.91. The molecule has 0 aliphatic heterocycles. The Bertz CT molecular complexity index is 597. The van der Waals surface area contributed by atoms with Crippen molar-refractivity contribution in [2.75, 3.05) is 0 Å². The summed E-state index contributed by atoms with van der Waals surface area (Å²) < 4.78 is 7.90. The third kappa shape index (κ3) is 2.55. The van der Waals surface area contributed by atoms with Gasteiger partial charge in [-0.15, -0.1) is 0 Å². The number of carbonyl (C=O) groups excluding carboxylic acids is 1. The zero-order valence-electron chi connectivity index (χ0n) is 11.8. The number of nitrogens with zero attached hydrogens (tertiary/aromatic N) is 1. The van der Waals surface area contributed by atoms with Gasteiger partial charge in [0.25, 0.3) is 0 Å². The van der Waals surface area contributed by atoms with Crippen molar-refractivity contribution in [2.24, 2.45) is 0 Å². The molecule has 1 heterocycles. The molecule has 0 fully saturated rings. The number of aryl methyl sites for hydroxylation is 1. The Morgan fingerprint density at radius 3 is 2.47 bits per heavy atom. The number of para-hydroxylation sites is 2. The number of carbonyl (C=O) groups is 1. The maximum Gasteiger partial charge on any atom is 0.151 e. The van der Waals surface area contributed by atoms with E-state index in [0.717, 1.165) is 34.7 Å². The normalized spacial score (nSPS) is 10.8. The van der Waals surface area contributed by atoms with Crippen LogP contribution < -0.4 is 4.74 Å². The van der Waals surface area contributed by atoms with Crippen LogP contribution in [-0.2, 0) is 0 Å². The minimum absolute atomic E-state index is 0.114. The first-order valence-corrected chi connectivity index (χ1v) is 6.44. The van der Waals surface area contributed by atoms with E-state index in [1.54, 1.807) is 0 Å². The lowest BCUT2D eigenvalue weighted by atomic mass is 10.2. The van der Waals surface area contributed by atoms with Crippen LogP contribution in [0.15, 0.2) is 30.3 Å². The average molecular weight is 257 g/mol. The van der Waals surface area contributed by atoms with Gasteiger partial charge in [0.1, 0.15) is 5.75 Å². The van der Waals surface area contributed by atoms with Gasteiger partial charge in [0, 0.05) is 17.0 Å². The minimum Gasteiger partial charge on any atom is -0.489 e. The molecule has 1 aromatic heterocycles. The molecule has 0 atom stereocenters. The summed E-state index contributed by atoms with van der Waals surface area (Å²) >= 11 is 0. The lowest BCUT2D eigenvalue weighted by Crippen LogP contribution is -2.09. The topological polar surface area (TPSA) is 31.2 Å². The van der Waals surface area contributed by atoms with Gasteiger partial charge in [-0.25, -0.2) is 0 Å². The molecular formula is C16H19NO2. The van der Waals surface area contributed by atoms with Crippen LogP contribution in [0.2, 0.25) is 0 Å². The van der Waals surface area contributed by atoms with Crippen molar-refractivity contribution in [3.63, 3.8) is 0 Å². The molecule has 0 amide bonds. The Balaban J connectivity index is 2.59. The van der Waals surface area contributed by atoms with E-state index >= 15 is 0 Å². The number of aromatic nitrogens is 1. The molecular weight excluding hydrogens is 238 g/mol. The summed E-state index contributed by atoms with van der Waals surface area (Å²) in [5.74, 6) is 0.830. The highest BCUT2D eigenvalue weighted by atomic mass is 16.5. The van der Waals surface area contributed by atoms with E-state index in [-0.39, 0.29) is 6.10 Å². The highest BCUT2D eigenvalue weighted by Gasteiger charge is 2.14. The SMILES string of the molecule is Cc1cc(C=O)c(C)n1-c1ccccc1OC(C)C. The smallest absolute Gasteiger partial charge is 0.151 e. The summed E-state index contributed by atoms with van der Waals surface area (Å²) in [6.07, 6.45) is 1.01. The zero-order valence-corrected chi connectivity index (χ0v) is 11.8. The average Bonchev–Trinajstić information content (AvgIpc) is 2.65. The molecule has 0 saturated carbocycles. The summed E-state index contributed by atoms with van der Waals surface area (Å²) in [7, 11) is 0. The molecule has 0 radical (unpaired) electrons. The van der Waals surface area contributed by atoms with Crippen molar-refractivity contribution in [3.8, 4) is 11.4 Å². The fourth-order valence-corrected chi connectivity index (χ4v) is 2.27. The fraction of sp³-hybridized carbons (Fsp3) is 0.312. The van der Waals surface area contributed by atoms with E-state index < -0.39 is 0 Å². The van der Waals surface area contributed by atoms with Crippen LogP contribution in [0.1, 0.15) is 35.6 Å². The van der Waals surface area contributed by atoms with Crippen LogP contribution in [0.3, 0.4) is 0 Å². The van der Waals surface area contributed by atoms with E-state index in [1.807, 2.05) is 58.0 Å². The molecule has 0 unspecified atom stereocenters. The number of ether oxygens (including phenoxy) is 1. The van der Waals surface area contributed by atoms with Crippen LogP contribution >= 0.6 is 0 Å². The summed E-state index contributed by atoms with van der Waals surface area (Å²) in [6, 6.07) is 9.79. The molecule has 2 rings (SSSR count). The van der Waals surface area contributed by atoms with E-state index in [2.05, 4.69) is 4.57 Å². The lowest BCUT2D eigenvalue weighted by Gasteiger charge is -2.17. The Kier molecular flexibility index (Phi) is 3.74. The number of hydrogen-bond acceptors (Lipinski definition) is 2. The van der Waals surface area contributed by atoms with Crippen molar-refractivity contribution in [3.05, 3.63) is 47.3 Å². The van der Waals surface area contributed by atoms with Gasteiger partial charge in [0.15, 0.2) is 6.29 Å². The first kappa shape index (κ1) is 13.4. The van der Waals surface area contributed by atoms with Gasteiger partial charge in [0.2, 0.25) is 0 Å². The second-order valence-electron chi connectivity index (χ2n) is 4.91. The largest absolute Gasteiger partial charge is 0.489 e. The molecule has 0 bridgehead atoms. The van der Waals surface area contributed by atoms with E-state index in [0.29, 0.717) is 0 Å². The van der Waals surface area contributed by atoms with Crippen molar-refractivity contribution in [1.29, 1.82) is 0 Å². The number of aldehydes is 1. The van der Waals surface area contributed by atoms with Crippen LogP contribution in [0.25, 0.3) is 5.69 Å². The van der Waals surface area contributed by atoms with Crippen molar-refractivity contribution >= 4 is 6.29 Å². The number of benzene rings is 1. The molecule has 0 N–H and O–H groups in total. The van der Waals surface area contributed by atoms with Crippen LogP contribution in [0.4, 0.5) is 0 Å². The summed E-state index contributed by atoms with van der Waals surface area (Å²) in [5.41, 5.74) is 3.66. The Morgan fingerprint density at radius 2 is 1.89 bits per heavy atom. The third-order valence-corrected chi connectivity index (χ3v) is 3.07. The van der Waals surface area contributed by atoms with Gasteiger partial charge < -0.3 is 9.30 Å². The quantitative estimate of drug-likeness (QED) is 0.782. The fourth-order valence-electron chi connectivity index (χ4n) is 2.27. The number of rotatable bonds is 4. The Hall–Kier alpha value is -2.03. The van der Waals surface area contributed by atoms with Gasteiger partial charge in [0.05, 0.1) is 11.8 Å². The molecule has 2 aromatic rings. The van der Waals surface area contributed by atoms with Crippen LogP contribution in [-0.4, -0.2) is 17.0 Å². The molecule has 19 heavy (non-hydrogen) atoms. The molecule has 3 nitrogen and oxygen atoms in total. The van der Waals surface area contributed by atoms with Crippen molar-refractivity contribution < 1.29 is 9.53 Å². The molecule has 1 aromatic carbocycles. The molecule has 100 valence electrons. The lowest BCUT2D eigenvalue weighted by molar-refractivity contribution is 0.112. The maximum atomic E-state index is 11.0. The molecule has 0 aliphatic rings. The highest BCUT2D eigenvalue weighted by molar-refractivity contribution is 5.78. The molecule has 3 heteroatoms. The minimum atomic E-state index is 0.114. The Labute approximate surface area is 113 Å². The highest BCUT2D eigenvalue weighted by Crippen LogP contribution is 2.28. The predicted molar refractivity (Wildman–Crippen MR) is 76.4 cm³/mol. The monoisotopic (exact) mass is 257 g/mol. The van der Waals surface area contributed by atoms with Gasteiger partial charge in [-0.05, 0) is 45.9 Å². The molecule has 0 spiro atoms. The van der Waals surface area contributed by atoms with Gasteiger partial charge >= 0.3 is 0 Å². The standard InChI is InChI=1S/C16H19NO2/c1-11(2)19-16-8-6-5-7-15(16)17-12(3)9-14(10-18)13(17)4/h5-11H,1-4H3. The first-order chi connectivity index (χ1) is 9.04. The van der Waals surface area contributed by atoms with E-state index in [1.165, 1.54) is 0 Å². The van der Waals surface area contributed by atoms with Gasteiger partial charge in [-0.2, -0.15) is 0 Å². The van der Waals surface area contributed by atoms with Crippen LogP contribution in [0.5, 0.6) is 5.75 Å². The van der Waals surface area contributed by atoms with Crippen LogP contribution in [0, 0.1) is 13.8 Å². The first-order valence-electron chi connectivity index (χ1n) is 6.44. The Morgan fingerprint density at radius 1 is 1.21 bits per heavy atom. The predicted octanol–water partition coefficient (Wildman–Crippen LogP) is 3.69. The van der Waals surface area contributed by atoms with E-state index in [4.69, 9.17) is 4.74 Å². The van der Waals surface area contributed by atoms with Gasteiger partial charge in [-0.3, -0.25) is 4.79 Å². The maximum absolute atomic E-state index is 11.0. The molecule has 0 aliphatic carbocycles. The summed E-state index contributed by atoms with van der Waals surface area (Å²) in [6.45, 7) is 7.95. The van der Waals surface area contributed by atoms with Gasteiger partial charge in [-0.1, -0.05) is 12.1 Å². The number of hydrogen-bond donors (Lipinski definition) is 0. The van der Waals surface area contributed by atoms with Crippen molar-refractivity contribution in [1.82, 2.24) is 4.57 Å². The van der Waals surface area contributed by atoms with E-state index in [9.17, 15) is 4.79 Å². The summed E-state index contributed by atoms with van der Waals surface area (Å²) in [4.78, 5) is 11.0. The summed E-state index contributed by atoms with van der Waals surface area (Å²) in [5, 5.41) is 0. The van der Waals surface area contributed by atoms with Crippen molar-refractivity contribution in [2.45, 2.75) is 33.8 Å². The second kappa shape index (κ2) is 5.31. The molecule has 0 saturated heterocycles.